The second kappa shape index (κ2) is 7.34. The van der Waals surface area contributed by atoms with Crippen LogP contribution < -0.4 is 16.6 Å². The number of nitrogens with one attached hydrogen (secondary N) is 2. The maximum atomic E-state index is 12.2. The second-order valence-electron chi connectivity index (χ2n) is 7.06. The molecule has 7 nitrogen and oxygen atoms in total. The van der Waals surface area contributed by atoms with Gasteiger partial charge < -0.3 is 14.8 Å². The Balaban J connectivity index is 1.53. The zero-order valence-corrected chi connectivity index (χ0v) is 14.2. The molecule has 3 rings (SSSR count). The summed E-state index contributed by atoms with van der Waals surface area (Å²) in [6.07, 6.45) is 8.99. The summed E-state index contributed by atoms with van der Waals surface area (Å²) in [6.45, 7) is 2.70. The van der Waals surface area contributed by atoms with Gasteiger partial charge in [0.25, 0.3) is 11.5 Å². The predicted octanol–water partition coefficient (Wildman–Crippen LogP) is 0.458. The van der Waals surface area contributed by atoms with Gasteiger partial charge in [0.15, 0.2) is 0 Å². The van der Waals surface area contributed by atoms with Gasteiger partial charge in [0.1, 0.15) is 5.56 Å². The van der Waals surface area contributed by atoms with E-state index in [-0.39, 0.29) is 5.56 Å². The van der Waals surface area contributed by atoms with Crippen molar-refractivity contribution in [2.45, 2.75) is 44.6 Å². The van der Waals surface area contributed by atoms with Gasteiger partial charge in [-0.15, -0.1) is 0 Å². The molecule has 1 saturated heterocycles. The highest BCUT2D eigenvalue weighted by atomic mass is 16.2. The topological polar surface area (TPSA) is 87.2 Å². The van der Waals surface area contributed by atoms with Crippen LogP contribution in [-0.4, -0.2) is 46.0 Å². The average molecular weight is 334 g/mol. The van der Waals surface area contributed by atoms with Crippen LogP contribution in [0.3, 0.4) is 0 Å². The number of H-pyrrole nitrogens is 1. The summed E-state index contributed by atoms with van der Waals surface area (Å²) < 4.78 is 1.21. The summed E-state index contributed by atoms with van der Waals surface area (Å²) >= 11 is 0. The fourth-order valence-electron chi connectivity index (χ4n) is 3.86. The molecule has 1 saturated carbocycles. The van der Waals surface area contributed by atoms with Gasteiger partial charge in [-0.05, 0) is 31.7 Å². The number of amides is 1. The molecule has 1 aromatic heterocycles. The SMILES string of the molecule is Cn1cc(C(=O)NCC2CCN(C3CCCCC3)C2)c(=O)[nH]c1=O. The molecule has 2 fully saturated rings. The Morgan fingerprint density at radius 1 is 1.25 bits per heavy atom. The van der Waals surface area contributed by atoms with Crippen LogP contribution in [0.15, 0.2) is 15.8 Å². The number of hydrogen-bond donors (Lipinski definition) is 2. The van der Waals surface area contributed by atoms with E-state index in [1.54, 1.807) is 0 Å². The van der Waals surface area contributed by atoms with E-state index < -0.39 is 17.2 Å². The van der Waals surface area contributed by atoms with Crippen molar-refractivity contribution in [1.29, 1.82) is 0 Å². The smallest absolute Gasteiger partial charge is 0.328 e. The molecule has 132 valence electrons. The van der Waals surface area contributed by atoms with Gasteiger partial charge in [-0.2, -0.15) is 0 Å². The van der Waals surface area contributed by atoms with Crippen LogP contribution in [0, 0.1) is 5.92 Å². The van der Waals surface area contributed by atoms with Crippen LogP contribution in [0.4, 0.5) is 0 Å². The minimum Gasteiger partial charge on any atom is -0.351 e. The summed E-state index contributed by atoms with van der Waals surface area (Å²) in [5.74, 6) is 0.0189. The molecule has 0 bridgehead atoms. The molecular weight excluding hydrogens is 308 g/mol. The van der Waals surface area contributed by atoms with E-state index in [4.69, 9.17) is 0 Å². The van der Waals surface area contributed by atoms with Crippen LogP contribution in [-0.2, 0) is 7.05 Å². The molecule has 0 radical (unpaired) electrons. The first-order valence-corrected chi connectivity index (χ1v) is 8.87. The Labute approximate surface area is 141 Å². The van der Waals surface area contributed by atoms with Crippen LogP contribution in [0.1, 0.15) is 48.9 Å². The van der Waals surface area contributed by atoms with Gasteiger partial charge in [0.2, 0.25) is 0 Å². The number of nitrogens with zero attached hydrogens (tertiary/aromatic N) is 2. The molecule has 1 aliphatic carbocycles. The lowest BCUT2D eigenvalue weighted by molar-refractivity contribution is 0.0944. The molecule has 0 aromatic carbocycles. The van der Waals surface area contributed by atoms with Crippen molar-refractivity contribution in [3.8, 4) is 0 Å². The predicted molar refractivity (Wildman–Crippen MR) is 91.2 cm³/mol. The zero-order valence-electron chi connectivity index (χ0n) is 14.2. The third-order valence-electron chi connectivity index (χ3n) is 5.31. The largest absolute Gasteiger partial charge is 0.351 e. The normalized spacial score (nSPS) is 22.6. The Morgan fingerprint density at radius 2 is 2.00 bits per heavy atom. The fourth-order valence-corrected chi connectivity index (χ4v) is 3.86. The second-order valence-corrected chi connectivity index (χ2v) is 7.06. The number of carbonyl (C=O) groups is 1. The molecule has 1 aromatic rings. The molecular formula is C17H26N4O3. The van der Waals surface area contributed by atoms with E-state index in [0.717, 1.165) is 19.5 Å². The van der Waals surface area contributed by atoms with E-state index in [1.807, 2.05) is 0 Å². The number of rotatable bonds is 4. The molecule has 1 amide bonds. The number of aromatic nitrogens is 2. The van der Waals surface area contributed by atoms with E-state index in [0.29, 0.717) is 18.5 Å². The van der Waals surface area contributed by atoms with Gasteiger partial charge >= 0.3 is 5.69 Å². The summed E-state index contributed by atoms with van der Waals surface area (Å²) in [6, 6.07) is 0.714. The average Bonchev–Trinajstić information content (AvgIpc) is 3.06. The first-order valence-electron chi connectivity index (χ1n) is 8.87. The molecule has 1 unspecified atom stereocenters. The highest BCUT2D eigenvalue weighted by Gasteiger charge is 2.29. The van der Waals surface area contributed by atoms with Crippen molar-refractivity contribution in [3.63, 3.8) is 0 Å². The number of aryl methyl sites for hydroxylation is 1. The summed E-state index contributed by atoms with van der Waals surface area (Å²) in [4.78, 5) is 40.0. The van der Waals surface area contributed by atoms with Crippen molar-refractivity contribution in [2.24, 2.45) is 13.0 Å². The molecule has 1 atom stereocenters. The Kier molecular flexibility index (Phi) is 5.18. The maximum Gasteiger partial charge on any atom is 0.328 e. The highest BCUT2D eigenvalue weighted by Crippen LogP contribution is 2.27. The lowest BCUT2D eigenvalue weighted by atomic mass is 9.94. The lowest BCUT2D eigenvalue weighted by Crippen LogP contribution is -2.39. The van der Waals surface area contributed by atoms with Crippen molar-refractivity contribution in [3.05, 3.63) is 32.6 Å². The number of carbonyl (C=O) groups excluding carboxylic acids is 1. The van der Waals surface area contributed by atoms with Crippen LogP contribution in [0.25, 0.3) is 0 Å². The third-order valence-corrected chi connectivity index (χ3v) is 5.31. The van der Waals surface area contributed by atoms with Crippen molar-refractivity contribution >= 4 is 5.91 Å². The van der Waals surface area contributed by atoms with Crippen molar-refractivity contribution < 1.29 is 4.79 Å². The molecule has 7 heteroatoms. The quantitative estimate of drug-likeness (QED) is 0.837. The van der Waals surface area contributed by atoms with Crippen LogP contribution in [0.5, 0.6) is 0 Å². The van der Waals surface area contributed by atoms with Crippen molar-refractivity contribution in [2.75, 3.05) is 19.6 Å². The number of aromatic amines is 1. The van der Waals surface area contributed by atoms with Gasteiger partial charge in [0.05, 0.1) is 0 Å². The molecule has 24 heavy (non-hydrogen) atoms. The summed E-state index contributed by atoms with van der Waals surface area (Å²) in [5.41, 5.74) is -1.17. The van der Waals surface area contributed by atoms with Gasteiger partial charge in [0, 0.05) is 32.4 Å². The number of hydrogen-bond acceptors (Lipinski definition) is 4. The minimum atomic E-state index is -0.633. The van der Waals surface area contributed by atoms with E-state index in [2.05, 4.69) is 15.2 Å². The Bertz CT molecular complexity index is 703. The first kappa shape index (κ1) is 17.0. The molecule has 2 N–H and O–H groups in total. The molecule has 2 aliphatic rings. The zero-order chi connectivity index (χ0) is 17.1. The van der Waals surface area contributed by atoms with E-state index in [1.165, 1.54) is 49.9 Å². The standard InChI is InChI=1S/C17H26N4O3/c1-20-11-14(16(23)19-17(20)24)15(22)18-9-12-7-8-21(10-12)13-5-3-2-4-6-13/h11-13H,2-10H2,1H3,(H,18,22)(H,19,23,24). The summed E-state index contributed by atoms with van der Waals surface area (Å²) in [5, 5.41) is 2.85. The summed E-state index contributed by atoms with van der Waals surface area (Å²) in [7, 11) is 1.51. The monoisotopic (exact) mass is 334 g/mol. The van der Waals surface area contributed by atoms with Gasteiger partial charge in [-0.1, -0.05) is 19.3 Å². The Hall–Kier alpha value is -1.89. The van der Waals surface area contributed by atoms with Gasteiger partial charge in [-0.3, -0.25) is 14.6 Å². The highest BCUT2D eigenvalue weighted by molar-refractivity contribution is 5.93. The lowest BCUT2D eigenvalue weighted by Gasteiger charge is -2.31. The first-order chi connectivity index (χ1) is 11.5. The van der Waals surface area contributed by atoms with E-state index >= 15 is 0 Å². The minimum absolute atomic E-state index is 0.0146. The molecule has 1 aliphatic heterocycles. The maximum absolute atomic E-state index is 12.2. The third kappa shape index (κ3) is 3.77. The molecule has 0 spiro atoms. The molecule has 2 heterocycles. The van der Waals surface area contributed by atoms with Crippen molar-refractivity contribution in [1.82, 2.24) is 19.8 Å². The Morgan fingerprint density at radius 3 is 2.75 bits per heavy atom. The fraction of sp³-hybridized carbons (Fsp3) is 0.706. The van der Waals surface area contributed by atoms with Crippen LogP contribution in [0.2, 0.25) is 0 Å². The van der Waals surface area contributed by atoms with E-state index in [9.17, 15) is 14.4 Å². The van der Waals surface area contributed by atoms with Gasteiger partial charge in [-0.25, -0.2) is 4.79 Å². The van der Waals surface area contributed by atoms with Crippen LogP contribution >= 0.6 is 0 Å². The number of likely N-dealkylation sites (tertiary alicyclic amines) is 1.